The lowest BCUT2D eigenvalue weighted by atomic mass is 10.1. The molecule has 0 bridgehead atoms. The van der Waals surface area contributed by atoms with Crippen molar-refractivity contribution in [2.24, 2.45) is 0 Å². The molecule has 0 saturated carbocycles. The predicted octanol–water partition coefficient (Wildman–Crippen LogP) is 3.52. The Hall–Kier alpha value is -3.38. The van der Waals surface area contributed by atoms with E-state index in [2.05, 4.69) is 27.7 Å². The number of amides is 2. The number of nitrogens with zero attached hydrogens (tertiary/aromatic N) is 1. The van der Waals surface area contributed by atoms with Crippen molar-refractivity contribution < 1.29 is 14.0 Å². The molecule has 0 aliphatic rings. The molecule has 1 heterocycles. The number of hydrogen-bond donors (Lipinski definition) is 2. The standard InChI is InChI=1S/C22H23N3O3/c1-25(2)15-17-7-5-16(6-8-17)14-23-21(26)18-9-11-19(12-10-18)24-22(27)20-4-3-13-28-20/h3-13H,14-15H2,1-2H3,(H,23,26)(H,24,27). The molecule has 0 spiro atoms. The van der Waals surface area contributed by atoms with Gasteiger partial charge in [-0.25, -0.2) is 0 Å². The summed E-state index contributed by atoms with van der Waals surface area (Å²) in [5.41, 5.74) is 3.39. The summed E-state index contributed by atoms with van der Waals surface area (Å²) in [6.07, 6.45) is 1.44. The number of furan rings is 1. The molecular formula is C22H23N3O3. The third kappa shape index (κ3) is 5.31. The molecule has 0 unspecified atom stereocenters. The normalized spacial score (nSPS) is 10.7. The summed E-state index contributed by atoms with van der Waals surface area (Å²) in [6, 6.07) is 18.1. The van der Waals surface area contributed by atoms with Crippen LogP contribution in [0.2, 0.25) is 0 Å². The molecule has 2 aromatic carbocycles. The van der Waals surface area contributed by atoms with E-state index in [1.807, 2.05) is 26.2 Å². The molecule has 6 nitrogen and oxygen atoms in total. The summed E-state index contributed by atoms with van der Waals surface area (Å²) >= 11 is 0. The molecule has 144 valence electrons. The fourth-order valence-electron chi connectivity index (χ4n) is 2.72. The maximum Gasteiger partial charge on any atom is 0.291 e. The van der Waals surface area contributed by atoms with Crippen LogP contribution < -0.4 is 10.6 Å². The molecule has 2 amide bonds. The highest BCUT2D eigenvalue weighted by Gasteiger charge is 2.10. The third-order valence-electron chi connectivity index (χ3n) is 4.12. The molecule has 2 N–H and O–H groups in total. The maximum absolute atomic E-state index is 12.3. The first-order valence-electron chi connectivity index (χ1n) is 8.97. The minimum absolute atomic E-state index is 0.165. The van der Waals surface area contributed by atoms with Gasteiger partial charge in [0.25, 0.3) is 11.8 Å². The number of hydrogen-bond acceptors (Lipinski definition) is 4. The molecule has 3 aromatic rings. The van der Waals surface area contributed by atoms with Crippen LogP contribution in [0.4, 0.5) is 5.69 Å². The molecule has 0 radical (unpaired) electrons. The van der Waals surface area contributed by atoms with Gasteiger partial charge in [-0.2, -0.15) is 0 Å². The van der Waals surface area contributed by atoms with E-state index in [-0.39, 0.29) is 17.6 Å². The van der Waals surface area contributed by atoms with E-state index in [1.54, 1.807) is 36.4 Å². The van der Waals surface area contributed by atoms with Gasteiger partial charge in [0.1, 0.15) is 0 Å². The van der Waals surface area contributed by atoms with Gasteiger partial charge in [-0.1, -0.05) is 24.3 Å². The highest BCUT2D eigenvalue weighted by molar-refractivity contribution is 6.02. The topological polar surface area (TPSA) is 74.6 Å². The van der Waals surface area contributed by atoms with Crippen molar-refractivity contribution in [2.45, 2.75) is 13.1 Å². The largest absolute Gasteiger partial charge is 0.459 e. The summed E-state index contributed by atoms with van der Waals surface area (Å²) in [5, 5.41) is 5.63. The Balaban J connectivity index is 1.52. The van der Waals surface area contributed by atoms with Crippen molar-refractivity contribution in [2.75, 3.05) is 19.4 Å². The molecule has 0 atom stereocenters. The summed E-state index contributed by atoms with van der Waals surface area (Å²) in [4.78, 5) is 26.4. The average Bonchev–Trinajstić information content (AvgIpc) is 3.22. The highest BCUT2D eigenvalue weighted by atomic mass is 16.3. The minimum atomic E-state index is -0.333. The second kappa shape index (κ2) is 9.01. The lowest BCUT2D eigenvalue weighted by molar-refractivity contribution is 0.0950. The van der Waals surface area contributed by atoms with Crippen LogP contribution in [0.3, 0.4) is 0 Å². The number of carbonyl (C=O) groups excluding carboxylic acids is 2. The summed E-state index contributed by atoms with van der Waals surface area (Å²) in [6.45, 7) is 1.34. The Morgan fingerprint density at radius 3 is 2.18 bits per heavy atom. The molecule has 6 heteroatoms. The minimum Gasteiger partial charge on any atom is -0.459 e. The van der Waals surface area contributed by atoms with Gasteiger partial charge < -0.3 is 20.0 Å². The lowest BCUT2D eigenvalue weighted by Crippen LogP contribution is -2.22. The van der Waals surface area contributed by atoms with E-state index < -0.39 is 0 Å². The molecule has 0 aliphatic heterocycles. The molecule has 0 aliphatic carbocycles. The van der Waals surface area contributed by atoms with Crippen molar-refractivity contribution in [3.8, 4) is 0 Å². The van der Waals surface area contributed by atoms with Crippen LogP contribution in [0.15, 0.2) is 71.3 Å². The van der Waals surface area contributed by atoms with E-state index in [0.29, 0.717) is 17.8 Å². The van der Waals surface area contributed by atoms with E-state index in [4.69, 9.17) is 4.42 Å². The second-order valence-corrected chi connectivity index (χ2v) is 6.75. The molecule has 3 rings (SSSR count). The first-order valence-corrected chi connectivity index (χ1v) is 8.97. The van der Waals surface area contributed by atoms with Crippen LogP contribution in [-0.4, -0.2) is 30.8 Å². The fourth-order valence-corrected chi connectivity index (χ4v) is 2.72. The maximum atomic E-state index is 12.3. The number of rotatable bonds is 7. The summed E-state index contributed by atoms with van der Waals surface area (Å²) < 4.78 is 5.05. The first-order chi connectivity index (χ1) is 13.5. The monoisotopic (exact) mass is 377 g/mol. The second-order valence-electron chi connectivity index (χ2n) is 6.75. The molecular weight excluding hydrogens is 354 g/mol. The van der Waals surface area contributed by atoms with Gasteiger partial charge in [0.15, 0.2) is 5.76 Å². The van der Waals surface area contributed by atoms with Crippen molar-refractivity contribution in [1.82, 2.24) is 10.2 Å². The average molecular weight is 377 g/mol. The van der Waals surface area contributed by atoms with E-state index in [9.17, 15) is 9.59 Å². The Kier molecular flexibility index (Phi) is 6.24. The van der Waals surface area contributed by atoms with E-state index in [1.165, 1.54) is 11.8 Å². The zero-order valence-electron chi connectivity index (χ0n) is 15.9. The summed E-state index contributed by atoms with van der Waals surface area (Å²) in [5.74, 6) is -0.264. The molecule has 1 aromatic heterocycles. The Bertz CT molecular complexity index is 915. The van der Waals surface area contributed by atoms with E-state index >= 15 is 0 Å². The Morgan fingerprint density at radius 1 is 0.893 bits per heavy atom. The van der Waals surface area contributed by atoms with Crippen molar-refractivity contribution in [3.05, 3.63) is 89.4 Å². The van der Waals surface area contributed by atoms with Gasteiger partial charge in [-0.05, 0) is 61.6 Å². The van der Waals surface area contributed by atoms with Crippen molar-refractivity contribution >= 4 is 17.5 Å². The number of anilines is 1. The first kappa shape index (κ1) is 19.4. The number of carbonyl (C=O) groups is 2. The van der Waals surface area contributed by atoms with Gasteiger partial charge in [-0.3, -0.25) is 9.59 Å². The van der Waals surface area contributed by atoms with Crippen molar-refractivity contribution in [1.29, 1.82) is 0 Å². The van der Waals surface area contributed by atoms with Crippen LogP contribution >= 0.6 is 0 Å². The van der Waals surface area contributed by atoms with Crippen LogP contribution in [0.25, 0.3) is 0 Å². The zero-order valence-corrected chi connectivity index (χ0v) is 15.9. The smallest absolute Gasteiger partial charge is 0.291 e. The molecule has 28 heavy (non-hydrogen) atoms. The van der Waals surface area contributed by atoms with E-state index in [0.717, 1.165) is 12.1 Å². The zero-order chi connectivity index (χ0) is 19.9. The van der Waals surface area contributed by atoms with Gasteiger partial charge in [0, 0.05) is 24.3 Å². The van der Waals surface area contributed by atoms with Gasteiger partial charge in [0.2, 0.25) is 0 Å². The van der Waals surface area contributed by atoms with Crippen molar-refractivity contribution in [3.63, 3.8) is 0 Å². The summed E-state index contributed by atoms with van der Waals surface area (Å²) in [7, 11) is 4.06. The Morgan fingerprint density at radius 2 is 1.57 bits per heavy atom. The third-order valence-corrected chi connectivity index (χ3v) is 4.12. The van der Waals surface area contributed by atoms with Crippen LogP contribution in [-0.2, 0) is 13.1 Å². The molecule has 0 saturated heterocycles. The predicted molar refractivity (Wildman–Crippen MR) is 108 cm³/mol. The fraction of sp³-hybridized carbons (Fsp3) is 0.182. The number of benzene rings is 2. The van der Waals surface area contributed by atoms with Crippen LogP contribution in [0, 0.1) is 0 Å². The molecule has 0 fully saturated rings. The number of nitrogens with one attached hydrogen (secondary N) is 2. The van der Waals surface area contributed by atoms with Gasteiger partial charge in [0.05, 0.1) is 6.26 Å². The Labute approximate surface area is 164 Å². The van der Waals surface area contributed by atoms with Crippen LogP contribution in [0.5, 0.6) is 0 Å². The quantitative estimate of drug-likeness (QED) is 0.661. The van der Waals surface area contributed by atoms with Gasteiger partial charge in [-0.15, -0.1) is 0 Å². The van der Waals surface area contributed by atoms with Gasteiger partial charge >= 0.3 is 0 Å². The lowest BCUT2D eigenvalue weighted by Gasteiger charge is -2.10. The highest BCUT2D eigenvalue weighted by Crippen LogP contribution is 2.12. The SMILES string of the molecule is CN(C)Cc1ccc(CNC(=O)c2ccc(NC(=O)c3ccco3)cc2)cc1. The van der Waals surface area contributed by atoms with Crippen LogP contribution in [0.1, 0.15) is 32.0 Å².